The van der Waals surface area contributed by atoms with E-state index in [2.05, 4.69) is 30.6 Å². The van der Waals surface area contributed by atoms with Crippen LogP contribution in [0.25, 0.3) is 10.8 Å². The first-order valence-electron chi connectivity index (χ1n) is 15.5. The lowest BCUT2D eigenvalue weighted by molar-refractivity contribution is 0.107. The number of phenolic OH excluding ortho intramolecular Hbond substituents is 1. The molecule has 1 aromatic heterocycles. The maximum Gasteiger partial charge on any atom is 0.318 e. The standard InChI is InChI=1S/C32H36BrF2N5O3/c33-29-24(35)3-2-19-10-22(41)11-26(28(19)29)38-7-4-23-25(16-38)36-31(43-17-32-5-1-6-40(32)15-21(34)12-32)37-30(23)39-13-18-8-20(14-39)27(42)9-18/h2-3,10-11,18,20-21,27,41-42H,1,4-9,12-17H2/t18?,20?,21-,27?,32+/m1/s1. The Hall–Kier alpha value is -2.76. The summed E-state index contributed by atoms with van der Waals surface area (Å²) >= 11 is 3.44. The monoisotopic (exact) mass is 655 g/mol. The first-order valence-corrected chi connectivity index (χ1v) is 16.3. The Morgan fingerprint density at radius 1 is 1.09 bits per heavy atom. The van der Waals surface area contributed by atoms with Gasteiger partial charge in [0.1, 0.15) is 30.2 Å². The zero-order chi connectivity index (χ0) is 29.5. The van der Waals surface area contributed by atoms with Crippen molar-refractivity contribution >= 4 is 38.2 Å². The molecular formula is C32H36BrF2N5O3. The van der Waals surface area contributed by atoms with Gasteiger partial charge in [-0.15, -0.1) is 0 Å². The maximum atomic E-state index is 14.7. The molecule has 3 unspecified atom stereocenters. The number of phenols is 1. The number of rotatable bonds is 5. The fourth-order valence-corrected chi connectivity index (χ4v) is 9.14. The molecule has 8 rings (SSSR count). The molecule has 11 heteroatoms. The third kappa shape index (κ3) is 4.73. The molecule has 0 radical (unpaired) electrons. The van der Waals surface area contributed by atoms with Crippen LogP contribution in [-0.2, 0) is 13.0 Å². The van der Waals surface area contributed by atoms with Crippen molar-refractivity contribution in [2.24, 2.45) is 11.8 Å². The number of aromatic hydroxyl groups is 1. The van der Waals surface area contributed by atoms with E-state index in [1.807, 2.05) is 0 Å². The van der Waals surface area contributed by atoms with Crippen LogP contribution < -0.4 is 14.5 Å². The number of hydrogen-bond donors (Lipinski definition) is 2. The van der Waals surface area contributed by atoms with E-state index >= 15 is 0 Å². The minimum Gasteiger partial charge on any atom is -0.508 e. The fraction of sp³-hybridized carbons (Fsp3) is 0.562. The van der Waals surface area contributed by atoms with Gasteiger partial charge in [0.05, 0.1) is 28.4 Å². The molecule has 5 aliphatic rings. The van der Waals surface area contributed by atoms with E-state index in [4.69, 9.17) is 14.7 Å². The lowest BCUT2D eigenvalue weighted by Gasteiger charge is -2.37. The quantitative estimate of drug-likeness (QED) is 0.399. The third-order valence-corrected chi connectivity index (χ3v) is 11.3. The molecule has 0 spiro atoms. The average molecular weight is 657 g/mol. The number of hydrogen-bond acceptors (Lipinski definition) is 8. The number of nitrogens with zero attached hydrogens (tertiary/aromatic N) is 5. The summed E-state index contributed by atoms with van der Waals surface area (Å²) in [6.45, 7) is 4.37. The van der Waals surface area contributed by atoms with Crippen molar-refractivity contribution in [2.45, 2.75) is 62.9 Å². The molecule has 3 saturated heterocycles. The van der Waals surface area contributed by atoms with E-state index in [1.165, 1.54) is 6.07 Å². The number of piperidine rings is 1. The lowest BCUT2D eigenvalue weighted by Crippen LogP contribution is -2.44. The van der Waals surface area contributed by atoms with Crippen LogP contribution in [0.1, 0.15) is 43.4 Å². The average Bonchev–Trinajstić information content (AvgIpc) is 3.60. The van der Waals surface area contributed by atoms with Crippen molar-refractivity contribution in [3.63, 3.8) is 0 Å². The smallest absolute Gasteiger partial charge is 0.318 e. The van der Waals surface area contributed by atoms with Gasteiger partial charge in [0.2, 0.25) is 0 Å². The van der Waals surface area contributed by atoms with Crippen LogP contribution in [-0.4, -0.2) is 82.2 Å². The molecule has 4 aliphatic heterocycles. The predicted molar refractivity (Wildman–Crippen MR) is 163 cm³/mol. The third-order valence-electron chi connectivity index (χ3n) is 10.6. The largest absolute Gasteiger partial charge is 0.508 e. The van der Waals surface area contributed by atoms with Gasteiger partial charge in [0.15, 0.2) is 0 Å². The van der Waals surface area contributed by atoms with Crippen LogP contribution in [0.4, 0.5) is 20.3 Å². The Morgan fingerprint density at radius 2 is 1.98 bits per heavy atom. The Morgan fingerprint density at radius 3 is 2.84 bits per heavy atom. The molecule has 8 nitrogen and oxygen atoms in total. The second kappa shape index (κ2) is 10.4. The highest BCUT2D eigenvalue weighted by Crippen LogP contribution is 2.44. The number of aliphatic hydroxyl groups is 1. The molecule has 2 bridgehead atoms. The maximum absolute atomic E-state index is 14.7. The van der Waals surface area contributed by atoms with E-state index in [1.54, 1.807) is 18.2 Å². The number of alkyl halides is 1. The normalized spacial score (nSPS) is 30.2. The summed E-state index contributed by atoms with van der Waals surface area (Å²) in [5, 5.41) is 22.6. The van der Waals surface area contributed by atoms with Crippen LogP contribution in [0.3, 0.4) is 0 Å². The number of aliphatic hydroxyl groups excluding tert-OH is 1. The summed E-state index contributed by atoms with van der Waals surface area (Å²) in [7, 11) is 0. The van der Waals surface area contributed by atoms with Gasteiger partial charge in [0, 0.05) is 61.2 Å². The van der Waals surface area contributed by atoms with Crippen molar-refractivity contribution in [1.82, 2.24) is 14.9 Å². The Bertz CT molecular complexity index is 1590. The highest BCUT2D eigenvalue weighted by molar-refractivity contribution is 9.10. The Kier molecular flexibility index (Phi) is 6.72. The summed E-state index contributed by atoms with van der Waals surface area (Å²) < 4.78 is 35.8. The van der Waals surface area contributed by atoms with E-state index in [-0.39, 0.29) is 29.1 Å². The molecule has 2 aromatic carbocycles. The van der Waals surface area contributed by atoms with Crippen LogP contribution in [0.5, 0.6) is 11.8 Å². The fourth-order valence-electron chi connectivity index (χ4n) is 8.58. The SMILES string of the molecule is Oc1cc(N2CCc3c(nc(OC[C@@]45CCCN4C[C@H](F)C5)nc3N3CC4CC(O)C(C4)C3)C2)c2c(Br)c(F)ccc2c1. The van der Waals surface area contributed by atoms with Gasteiger partial charge in [-0.25, -0.2) is 8.78 Å². The second-order valence-corrected chi connectivity index (χ2v) is 14.1. The zero-order valence-electron chi connectivity index (χ0n) is 24.0. The van der Waals surface area contributed by atoms with Gasteiger partial charge >= 0.3 is 6.01 Å². The Labute approximate surface area is 257 Å². The number of fused-ring (bicyclic) bond motifs is 5. The minimum absolute atomic E-state index is 0.115. The zero-order valence-corrected chi connectivity index (χ0v) is 25.6. The van der Waals surface area contributed by atoms with Crippen LogP contribution in [0.2, 0.25) is 0 Å². The van der Waals surface area contributed by atoms with Crippen LogP contribution >= 0.6 is 15.9 Å². The number of anilines is 2. The first kappa shape index (κ1) is 27.8. The van der Waals surface area contributed by atoms with Gasteiger partial charge < -0.3 is 24.7 Å². The van der Waals surface area contributed by atoms with Crippen LogP contribution in [0.15, 0.2) is 28.7 Å². The van der Waals surface area contributed by atoms with Gasteiger partial charge in [-0.1, -0.05) is 6.07 Å². The molecule has 228 valence electrons. The number of ether oxygens (including phenoxy) is 1. The summed E-state index contributed by atoms with van der Waals surface area (Å²) in [6, 6.07) is 6.70. The van der Waals surface area contributed by atoms with Crippen molar-refractivity contribution in [1.29, 1.82) is 0 Å². The van der Waals surface area contributed by atoms with Gasteiger partial charge in [-0.3, -0.25) is 4.90 Å². The number of benzene rings is 2. The second-order valence-electron chi connectivity index (χ2n) is 13.3. The molecule has 43 heavy (non-hydrogen) atoms. The minimum atomic E-state index is -0.839. The van der Waals surface area contributed by atoms with Crippen molar-refractivity contribution in [3.05, 3.63) is 45.8 Å². The summed E-state index contributed by atoms with van der Waals surface area (Å²) in [4.78, 5) is 16.6. The van der Waals surface area contributed by atoms with Crippen molar-refractivity contribution < 1.29 is 23.7 Å². The van der Waals surface area contributed by atoms with E-state index in [0.717, 1.165) is 73.5 Å². The summed E-state index contributed by atoms with van der Waals surface area (Å²) in [6.07, 6.45) is 3.84. The van der Waals surface area contributed by atoms with Gasteiger partial charge in [-0.2, -0.15) is 9.97 Å². The van der Waals surface area contributed by atoms with Crippen molar-refractivity contribution in [2.75, 3.05) is 49.1 Å². The molecule has 2 N–H and O–H groups in total. The number of halogens is 3. The van der Waals surface area contributed by atoms with Gasteiger partial charge in [0.25, 0.3) is 0 Å². The molecule has 4 fully saturated rings. The highest BCUT2D eigenvalue weighted by atomic mass is 79.9. The first-order chi connectivity index (χ1) is 20.8. The molecule has 0 amide bonds. The molecule has 1 aliphatic carbocycles. The van der Waals surface area contributed by atoms with Gasteiger partial charge in [-0.05, 0) is 78.0 Å². The molecule has 3 aromatic rings. The molecule has 5 heterocycles. The summed E-state index contributed by atoms with van der Waals surface area (Å²) in [5.74, 6) is 1.28. The highest BCUT2D eigenvalue weighted by Gasteiger charge is 2.49. The lowest BCUT2D eigenvalue weighted by atomic mass is 9.95. The number of aromatic nitrogens is 2. The Balaban J connectivity index is 1.16. The molecule has 5 atom stereocenters. The molecular weight excluding hydrogens is 620 g/mol. The topological polar surface area (TPSA) is 85.2 Å². The van der Waals surface area contributed by atoms with Crippen LogP contribution in [0, 0.1) is 17.7 Å². The summed E-state index contributed by atoms with van der Waals surface area (Å²) in [5.41, 5.74) is 2.33. The van der Waals surface area contributed by atoms with E-state index in [0.29, 0.717) is 60.9 Å². The van der Waals surface area contributed by atoms with E-state index < -0.39 is 6.17 Å². The van der Waals surface area contributed by atoms with Crippen molar-refractivity contribution in [3.8, 4) is 11.8 Å². The predicted octanol–water partition coefficient (Wildman–Crippen LogP) is 4.96. The molecule has 1 saturated carbocycles. The van der Waals surface area contributed by atoms with E-state index in [9.17, 15) is 19.0 Å².